The lowest BCUT2D eigenvalue weighted by molar-refractivity contribution is -0.132. The summed E-state index contributed by atoms with van der Waals surface area (Å²) in [5.74, 6) is -0.691. The molecule has 0 saturated heterocycles. The Hall–Kier alpha value is -1.57. The van der Waals surface area contributed by atoms with Crippen LogP contribution in [0.2, 0.25) is 0 Å². The van der Waals surface area contributed by atoms with Crippen LogP contribution in [0.5, 0.6) is 0 Å². The largest absolute Gasteiger partial charge is 0.357 e. The van der Waals surface area contributed by atoms with E-state index in [9.17, 15) is 9.59 Å². The van der Waals surface area contributed by atoms with Crippen molar-refractivity contribution in [3.8, 4) is 6.07 Å². The maximum Gasteiger partial charge on any atom is 0.242 e. The van der Waals surface area contributed by atoms with Gasteiger partial charge in [-0.15, -0.1) is 0 Å². The second-order valence-electron chi connectivity index (χ2n) is 3.61. The Balaban J connectivity index is 4.51. The van der Waals surface area contributed by atoms with Gasteiger partial charge in [0, 0.05) is 7.05 Å². The van der Waals surface area contributed by atoms with Gasteiger partial charge in [-0.2, -0.15) is 5.26 Å². The van der Waals surface area contributed by atoms with Crippen molar-refractivity contribution < 1.29 is 9.59 Å². The molecule has 15 heavy (non-hydrogen) atoms. The van der Waals surface area contributed by atoms with E-state index in [-0.39, 0.29) is 5.91 Å². The highest BCUT2D eigenvalue weighted by Crippen LogP contribution is 2.19. The molecule has 0 aromatic heterocycles. The van der Waals surface area contributed by atoms with Gasteiger partial charge in [0.05, 0.1) is 6.07 Å². The van der Waals surface area contributed by atoms with Gasteiger partial charge in [0.15, 0.2) is 0 Å². The molecule has 0 saturated carbocycles. The smallest absolute Gasteiger partial charge is 0.242 e. The third kappa shape index (κ3) is 3.24. The molecule has 0 bridgehead atoms. The minimum absolute atomic E-state index is 0.278. The Morgan fingerprint density at radius 2 is 2.07 bits per heavy atom. The van der Waals surface area contributed by atoms with E-state index in [2.05, 4.69) is 10.6 Å². The first kappa shape index (κ1) is 13.4. The summed E-state index contributed by atoms with van der Waals surface area (Å²) in [5, 5.41) is 13.8. The summed E-state index contributed by atoms with van der Waals surface area (Å²) in [6.07, 6.45) is 0.412. The molecule has 0 aliphatic heterocycles. The van der Waals surface area contributed by atoms with E-state index in [0.717, 1.165) is 0 Å². The van der Waals surface area contributed by atoms with Crippen molar-refractivity contribution in [3.63, 3.8) is 0 Å². The van der Waals surface area contributed by atoms with Gasteiger partial charge in [0.25, 0.3) is 0 Å². The lowest BCUT2D eigenvalue weighted by atomic mass is 9.88. The predicted octanol–water partition coefficient (Wildman–Crippen LogP) is 0.177. The van der Waals surface area contributed by atoms with Crippen molar-refractivity contribution in [2.45, 2.75) is 33.2 Å². The number of carbonyl (C=O) groups excluding carboxylic acids is 2. The third-order valence-electron chi connectivity index (χ3n) is 2.44. The number of nitrogens with one attached hydrogen (secondary N) is 2. The number of nitriles is 1. The first-order chi connectivity index (χ1) is 6.91. The molecule has 2 unspecified atom stereocenters. The summed E-state index contributed by atoms with van der Waals surface area (Å²) < 4.78 is 0. The van der Waals surface area contributed by atoms with Crippen molar-refractivity contribution in [3.05, 3.63) is 0 Å². The second kappa shape index (κ2) is 5.35. The number of likely N-dealkylation sites (N-methyl/N-ethyl adjacent to an activating group) is 1. The van der Waals surface area contributed by atoms with Gasteiger partial charge in [0.1, 0.15) is 11.5 Å². The van der Waals surface area contributed by atoms with Gasteiger partial charge in [0.2, 0.25) is 11.8 Å². The van der Waals surface area contributed by atoms with E-state index >= 15 is 0 Å². The average molecular weight is 211 g/mol. The molecule has 0 aliphatic rings. The van der Waals surface area contributed by atoms with Crippen LogP contribution in [0.3, 0.4) is 0 Å². The molecule has 2 N–H and O–H groups in total. The molecule has 0 radical (unpaired) electrons. The molecule has 84 valence electrons. The van der Waals surface area contributed by atoms with Gasteiger partial charge < -0.3 is 10.6 Å². The van der Waals surface area contributed by atoms with Crippen LogP contribution in [0.1, 0.15) is 27.2 Å². The molecule has 5 heteroatoms. The Labute approximate surface area is 89.8 Å². The number of hydrogen-bond acceptors (Lipinski definition) is 3. The van der Waals surface area contributed by atoms with Gasteiger partial charge in [-0.25, -0.2) is 0 Å². The minimum Gasteiger partial charge on any atom is -0.357 e. The highest BCUT2D eigenvalue weighted by molar-refractivity contribution is 5.90. The van der Waals surface area contributed by atoms with Gasteiger partial charge >= 0.3 is 0 Å². The zero-order valence-electron chi connectivity index (χ0n) is 9.55. The molecule has 0 heterocycles. The summed E-state index contributed by atoms with van der Waals surface area (Å²) in [6, 6.07) is 1.32. The van der Waals surface area contributed by atoms with Crippen LogP contribution >= 0.6 is 0 Å². The van der Waals surface area contributed by atoms with Crippen LogP contribution in [0, 0.1) is 16.7 Å². The molecular weight excluding hydrogens is 194 g/mol. The zero-order chi connectivity index (χ0) is 12.1. The summed E-state index contributed by atoms with van der Waals surface area (Å²) in [4.78, 5) is 22.8. The molecule has 5 nitrogen and oxygen atoms in total. The van der Waals surface area contributed by atoms with E-state index < -0.39 is 17.4 Å². The summed E-state index contributed by atoms with van der Waals surface area (Å²) in [6.45, 7) is 4.89. The van der Waals surface area contributed by atoms with Crippen LogP contribution in [-0.2, 0) is 9.59 Å². The topological polar surface area (TPSA) is 82.0 Å². The molecule has 0 fully saturated rings. The Morgan fingerprint density at radius 3 is 2.40 bits per heavy atom. The number of hydrogen-bond donors (Lipinski definition) is 2. The average Bonchev–Trinajstić information content (AvgIpc) is 2.26. The van der Waals surface area contributed by atoms with Crippen LogP contribution in [-0.4, -0.2) is 24.9 Å². The highest BCUT2D eigenvalue weighted by Gasteiger charge is 2.32. The van der Waals surface area contributed by atoms with Gasteiger partial charge in [-0.05, 0) is 20.3 Å². The maximum absolute atomic E-state index is 11.6. The van der Waals surface area contributed by atoms with Gasteiger partial charge in [-0.3, -0.25) is 9.59 Å². The van der Waals surface area contributed by atoms with Crippen LogP contribution in [0.15, 0.2) is 0 Å². The fourth-order valence-electron chi connectivity index (χ4n) is 0.928. The predicted molar refractivity (Wildman–Crippen MR) is 55.7 cm³/mol. The van der Waals surface area contributed by atoms with Crippen molar-refractivity contribution in [2.24, 2.45) is 5.41 Å². The third-order valence-corrected chi connectivity index (χ3v) is 2.44. The monoisotopic (exact) mass is 211 g/mol. The molecule has 0 rings (SSSR count). The maximum atomic E-state index is 11.6. The fraction of sp³-hybridized carbons (Fsp3) is 0.700. The fourth-order valence-corrected chi connectivity index (χ4v) is 0.928. The lowest BCUT2D eigenvalue weighted by Gasteiger charge is -2.21. The van der Waals surface area contributed by atoms with E-state index in [1.165, 1.54) is 7.05 Å². The number of rotatable bonds is 4. The number of nitrogens with zero attached hydrogens (tertiary/aromatic N) is 1. The molecule has 0 aliphatic carbocycles. The van der Waals surface area contributed by atoms with E-state index in [4.69, 9.17) is 5.26 Å². The molecule has 2 amide bonds. The molecule has 0 spiro atoms. The van der Waals surface area contributed by atoms with Gasteiger partial charge in [-0.1, -0.05) is 6.92 Å². The van der Waals surface area contributed by atoms with Crippen LogP contribution in [0.25, 0.3) is 0 Å². The molecule has 0 aromatic rings. The molecular formula is C10H17N3O2. The van der Waals surface area contributed by atoms with Crippen molar-refractivity contribution in [1.29, 1.82) is 5.26 Å². The quantitative estimate of drug-likeness (QED) is 0.695. The van der Waals surface area contributed by atoms with E-state index in [1.54, 1.807) is 20.8 Å². The summed E-state index contributed by atoms with van der Waals surface area (Å²) in [5.41, 5.74) is -1.07. The van der Waals surface area contributed by atoms with Crippen LogP contribution < -0.4 is 10.6 Å². The molecule has 2 atom stereocenters. The van der Waals surface area contributed by atoms with Crippen molar-refractivity contribution in [1.82, 2.24) is 10.6 Å². The van der Waals surface area contributed by atoms with E-state index in [0.29, 0.717) is 6.42 Å². The number of carbonyl (C=O) groups is 2. The zero-order valence-corrected chi connectivity index (χ0v) is 9.55. The summed E-state index contributed by atoms with van der Waals surface area (Å²) in [7, 11) is 1.49. The SMILES string of the molecule is CCC(C)(C#N)C(=O)NC(C)C(=O)NC. The Morgan fingerprint density at radius 1 is 1.53 bits per heavy atom. The Kier molecular flexibility index (Phi) is 4.79. The normalized spacial score (nSPS) is 15.7. The Bertz CT molecular complexity index is 296. The standard InChI is InChI=1S/C10H17N3O2/c1-5-10(3,6-11)9(15)13-7(2)8(14)12-4/h7H,5H2,1-4H3,(H,12,14)(H,13,15). The number of amides is 2. The first-order valence-corrected chi connectivity index (χ1v) is 4.85. The van der Waals surface area contributed by atoms with E-state index in [1.807, 2.05) is 6.07 Å². The second-order valence-corrected chi connectivity index (χ2v) is 3.61. The van der Waals surface area contributed by atoms with Crippen molar-refractivity contribution in [2.75, 3.05) is 7.05 Å². The van der Waals surface area contributed by atoms with Crippen molar-refractivity contribution >= 4 is 11.8 Å². The summed E-state index contributed by atoms with van der Waals surface area (Å²) >= 11 is 0. The van der Waals surface area contributed by atoms with Crippen LogP contribution in [0.4, 0.5) is 0 Å². The highest BCUT2D eigenvalue weighted by atomic mass is 16.2. The minimum atomic E-state index is -1.07. The first-order valence-electron chi connectivity index (χ1n) is 4.85. The lowest BCUT2D eigenvalue weighted by Crippen LogP contribution is -2.48. The molecule has 0 aromatic carbocycles.